The van der Waals surface area contributed by atoms with Gasteiger partial charge in [-0.25, -0.2) is 4.79 Å². The van der Waals surface area contributed by atoms with Gasteiger partial charge in [0.15, 0.2) is 5.60 Å². The monoisotopic (exact) mass is 184 g/mol. The largest absolute Gasteiger partial charge is 0.458 e. The van der Waals surface area contributed by atoms with E-state index in [-0.39, 0.29) is 12.6 Å². The van der Waals surface area contributed by atoms with Gasteiger partial charge >= 0.3 is 11.9 Å². The first-order valence-corrected chi connectivity index (χ1v) is 3.97. The van der Waals surface area contributed by atoms with E-state index in [9.17, 15) is 9.59 Å². The summed E-state index contributed by atoms with van der Waals surface area (Å²) in [5.74, 6) is -0.710. The average molecular weight is 184 g/mol. The Bertz CT molecular complexity index is 259. The van der Waals surface area contributed by atoms with Crippen LogP contribution in [0.15, 0.2) is 12.2 Å². The molecule has 1 aliphatic heterocycles. The van der Waals surface area contributed by atoms with E-state index >= 15 is 0 Å². The van der Waals surface area contributed by atoms with Gasteiger partial charge in [0, 0.05) is 5.57 Å². The number of rotatable bonds is 3. The topological polar surface area (TPSA) is 52.6 Å². The van der Waals surface area contributed by atoms with Crippen molar-refractivity contribution in [3.05, 3.63) is 12.2 Å². The normalized spacial score (nSPS) is 25.8. The van der Waals surface area contributed by atoms with Crippen LogP contribution in [0.4, 0.5) is 0 Å². The van der Waals surface area contributed by atoms with Crippen molar-refractivity contribution < 1.29 is 19.1 Å². The lowest BCUT2D eigenvalue weighted by molar-refractivity contribution is -0.198. The van der Waals surface area contributed by atoms with E-state index in [4.69, 9.17) is 9.47 Å². The van der Waals surface area contributed by atoms with Crippen molar-refractivity contribution >= 4 is 11.9 Å². The highest BCUT2D eigenvalue weighted by atomic mass is 16.6. The van der Waals surface area contributed by atoms with Crippen molar-refractivity contribution in [3.8, 4) is 0 Å². The van der Waals surface area contributed by atoms with Gasteiger partial charge < -0.3 is 9.47 Å². The molecule has 0 N–H and O–H groups in total. The molecule has 0 saturated carbocycles. The molecule has 0 aromatic heterocycles. The van der Waals surface area contributed by atoms with E-state index in [1.807, 2.05) is 0 Å². The zero-order chi connectivity index (χ0) is 10.1. The average Bonchev–Trinajstić information content (AvgIpc) is 1.97. The first-order valence-electron chi connectivity index (χ1n) is 3.97. The lowest BCUT2D eigenvalue weighted by Gasteiger charge is -2.36. The molecule has 4 nitrogen and oxygen atoms in total. The third-order valence-electron chi connectivity index (χ3n) is 1.74. The Labute approximate surface area is 76.5 Å². The number of cyclic esters (lactones) is 1. The summed E-state index contributed by atoms with van der Waals surface area (Å²) in [6.45, 7) is 6.82. The van der Waals surface area contributed by atoms with E-state index in [1.165, 1.54) is 0 Å². The predicted octanol–water partition coefficient (Wildman–Crippen LogP) is 0.811. The second-order valence-electron chi connectivity index (χ2n) is 3.46. The van der Waals surface area contributed by atoms with Crippen LogP contribution in [0.25, 0.3) is 0 Å². The highest BCUT2D eigenvalue weighted by Gasteiger charge is 2.42. The van der Waals surface area contributed by atoms with E-state index in [1.54, 1.807) is 13.8 Å². The van der Waals surface area contributed by atoms with Crippen molar-refractivity contribution in [2.45, 2.75) is 25.9 Å². The van der Waals surface area contributed by atoms with Crippen molar-refractivity contribution in [2.75, 3.05) is 6.61 Å². The third kappa shape index (κ3) is 2.31. The van der Waals surface area contributed by atoms with Crippen LogP contribution in [-0.2, 0) is 19.1 Å². The van der Waals surface area contributed by atoms with Crippen LogP contribution in [0.3, 0.4) is 0 Å². The number of hydrogen-bond acceptors (Lipinski definition) is 4. The fourth-order valence-corrected chi connectivity index (χ4v) is 0.994. The number of carbonyl (C=O) groups is 2. The zero-order valence-electron chi connectivity index (χ0n) is 7.75. The van der Waals surface area contributed by atoms with E-state index in [0.717, 1.165) is 0 Å². The van der Waals surface area contributed by atoms with Crippen LogP contribution in [-0.4, -0.2) is 24.1 Å². The highest BCUT2D eigenvalue weighted by molar-refractivity contribution is 5.87. The van der Waals surface area contributed by atoms with Crippen molar-refractivity contribution in [1.29, 1.82) is 0 Å². The molecule has 1 rings (SSSR count). The smallest absolute Gasteiger partial charge is 0.333 e. The van der Waals surface area contributed by atoms with Gasteiger partial charge in [-0.1, -0.05) is 6.58 Å². The molecule has 4 heteroatoms. The molecular weight excluding hydrogens is 172 g/mol. The Morgan fingerprint density at radius 3 is 2.69 bits per heavy atom. The molecule has 1 saturated heterocycles. The van der Waals surface area contributed by atoms with E-state index in [0.29, 0.717) is 12.0 Å². The Hall–Kier alpha value is -1.32. The zero-order valence-corrected chi connectivity index (χ0v) is 7.75. The predicted molar refractivity (Wildman–Crippen MR) is 44.9 cm³/mol. The summed E-state index contributed by atoms with van der Waals surface area (Å²) in [5.41, 5.74) is -0.281. The maximum absolute atomic E-state index is 10.9. The van der Waals surface area contributed by atoms with Gasteiger partial charge in [0.2, 0.25) is 0 Å². The Morgan fingerprint density at radius 2 is 2.31 bits per heavy atom. The first-order chi connectivity index (χ1) is 5.93. The summed E-state index contributed by atoms with van der Waals surface area (Å²) in [5, 5.41) is 0. The Morgan fingerprint density at radius 1 is 1.77 bits per heavy atom. The van der Waals surface area contributed by atoms with Crippen LogP contribution >= 0.6 is 0 Å². The Balaban J connectivity index is 2.31. The standard InChI is InChI=1S/C9H12O4/c1-6(2)8(11)12-5-9(3)4-7(10)13-9/h1,4-5H2,2-3H3. The summed E-state index contributed by atoms with van der Waals surface area (Å²) in [6, 6.07) is 0. The molecule has 1 atom stereocenters. The van der Waals surface area contributed by atoms with Gasteiger partial charge in [-0.2, -0.15) is 0 Å². The summed E-state index contributed by atoms with van der Waals surface area (Å²) in [4.78, 5) is 21.5. The minimum Gasteiger partial charge on any atom is -0.458 e. The molecule has 1 heterocycles. The molecule has 0 amide bonds. The molecule has 0 spiro atoms. The summed E-state index contributed by atoms with van der Waals surface area (Å²) in [6.07, 6.45) is 0.302. The second kappa shape index (κ2) is 3.20. The molecule has 72 valence electrons. The maximum atomic E-state index is 10.9. The molecule has 1 fully saturated rings. The fourth-order valence-electron chi connectivity index (χ4n) is 0.994. The molecule has 1 unspecified atom stereocenters. The number of carbonyl (C=O) groups excluding carboxylic acids is 2. The fraction of sp³-hybridized carbons (Fsp3) is 0.556. The van der Waals surface area contributed by atoms with Crippen molar-refractivity contribution in [3.63, 3.8) is 0 Å². The van der Waals surface area contributed by atoms with Crippen LogP contribution in [0, 0.1) is 0 Å². The lowest BCUT2D eigenvalue weighted by atomic mass is 9.98. The van der Waals surface area contributed by atoms with Crippen molar-refractivity contribution in [1.82, 2.24) is 0 Å². The van der Waals surface area contributed by atoms with Gasteiger partial charge in [0.05, 0.1) is 6.42 Å². The van der Waals surface area contributed by atoms with Gasteiger partial charge in [0.1, 0.15) is 6.61 Å². The van der Waals surface area contributed by atoms with E-state index < -0.39 is 11.6 Å². The quantitative estimate of drug-likeness (QED) is 0.481. The van der Waals surface area contributed by atoms with Gasteiger partial charge in [-0.15, -0.1) is 0 Å². The van der Waals surface area contributed by atoms with Gasteiger partial charge in [-0.3, -0.25) is 4.79 Å². The van der Waals surface area contributed by atoms with E-state index in [2.05, 4.69) is 6.58 Å². The Kier molecular flexibility index (Phi) is 2.40. The maximum Gasteiger partial charge on any atom is 0.333 e. The van der Waals surface area contributed by atoms with Gasteiger partial charge in [0.25, 0.3) is 0 Å². The van der Waals surface area contributed by atoms with Crippen LogP contribution in [0.1, 0.15) is 20.3 Å². The van der Waals surface area contributed by atoms with Crippen molar-refractivity contribution in [2.24, 2.45) is 0 Å². The molecule has 0 aliphatic carbocycles. The summed E-state index contributed by atoms with van der Waals surface area (Å²) < 4.78 is 9.65. The third-order valence-corrected chi connectivity index (χ3v) is 1.74. The molecule has 0 aromatic rings. The molecule has 1 aliphatic rings. The molecular formula is C9H12O4. The molecule has 13 heavy (non-hydrogen) atoms. The number of hydrogen-bond donors (Lipinski definition) is 0. The molecule has 0 bridgehead atoms. The molecule has 0 aromatic carbocycles. The van der Waals surface area contributed by atoms with Crippen LogP contribution in [0.2, 0.25) is 0 Å². The lowest BCUT2D eigenvalue weighted by Crippen LogP contribution is -2.49. The van der Waals surface area contributed by atoms with Crippen LogP contribution < -0.4 is 0 Å². The SMILES string of the molecule is C=C(C)C(=O)OCC1(C)CC(=O)O1. The minimum atomic E-state index is -0.623. The molecule has 0 radical (unpaired) electrons. The number of ether oxygens (including phenoxy) is 2. The first kappa shape index (κ1) is 9.77. The minimum absolute atomic E-state index is 0.102. The number of esters is 2. The second-order valence-corrected chi connectivity index (χ2v) is 3.46. The van der Waals surface area contributed by atoms with Gasteiger partial charge in [-0.05, 0) is 13.8 Å². The van der Waals surface area contributed by atoms with Crippen LogP contribution in [0.5, 0.6) is 0 Å². The summed E-state index contributed by atoms with van der Waals surface area (Å²) in [7, 11) is 0. The summed E-state index contributed by atoms with van der Waals surface area (Å²) >= 11 is 0. The highest BCUT2D eigenvalue weighted by Crippen LogP contribution is 2.27.